The maximum absolute atomic E-state index is 9.18. The fraction of sp³-hybridized carbons (Fsp3) is 0.294. The summed E-state index contributed by atoms with van der Waals surface area (Å²) < 4.78 is 11.3. The Bertz CT molecular complexity index is 611. The lowest BCUT2D eigenvalue weighted by molar-refractivity contribution is 0.280. The number of ether oxygens (including phenoxy) is 2. The molecule has 0 aliphatic heterocycles. The maximum atomic E-state index is 9.18. The predicted molar refractivity (Wildman–Crippen MR) is 82.9 cm³/mol. The van der Waals surface area contributed by atoms with Gasteiger partial charge in [-0.3, -0.25) is 0 Å². The second-order valence-corrected chi connectivity index (χ2v) is 4.89. The number of methoxy groups -OCH3 is 1. The Morgan fingerprint density at radius 2 is 1.81 bits per heavy atom. The van der Waals surface area contributed by atoms with Gasteiger partial charge in [0.05, 0.1) is 13.7 Å². The number of hydrogen-bond acceptors (Lipinski definition) is 4. The first-order valence-electron chi connectivity index (χ1n) is 6.87. The lowest BCUT2D eigenvalue weighted by Crippen LogP contribution is -2.06. The molecular formula is C17H21NO3. The van der Waals surface area contributed by atoms with Gasteiger partial charge in [-0.25, -0.2) is 0 Å². The van der Waals surface area contributed by atoms with Crippen molar-refractivity contribution in [3.05, 3.63) is 53.1 Å². The molecule has 2 N–H and O–H groups in total. The van der Waals surface area contributed by atoms with Crippen LogP contribution in [-0.4, -0.2) is 19.3 Å². The highest BCUT2D eigenvalue weighted by atomic mass is 16.5. The molecule has 0 bridgehead atoms. The summed E-state index contributed by atoms with van der Waals surface area (Å²) in [6, 6.07) is 11.5. The van der Waals surface area contributed by atoms with Crippen molar-refractivity contribution >= 4 is 0 Å². The van der Waals surface area contributed by atoms with Gasteiger partial charge in [-0.1, -0.05) is 23.8 Å². The average molecular weight is 287 g/mol. The Labute approximate surface area is 125 Å². The zero-order chi connectivity index (χ0) is 15.2. The largest absolute Gasteiger partial charge is 0.493 e. The lowest BCUT2D eigenvalue weighted by Gasteiger charge is -2.15. The Hall–Kier alpha value is -2.04. The molecule has 112 valence electrons. The second kappa shape index (κ2) is 7.11. The van der Waals surface area contributed by atoms with Gasteiger partial charge in [0.2, 0.25) is 0 Å². The van der Waals surface area contributed by atoms with Crippen LogP contribution in [0, 0.1) is 6.92 Å². The standard InChI is InChI=1S/C17H21NO3/c1-12-4-6-15(14(8-12)10-18-2)21-16-7-5-13(11-19)9-17(16)20-3/h4-9,18-19H,10-11H2,1-3H3. The number of nitrogens with one attached hydrogen (secondary N) is 1. The van der Waals surface area contributed by atoms with E-state index < -0.39 is 0 Å². The van der Waals surface area contributed by atoms with E-state index in [0.717, 1.165) is 23.4 Å². The van der Waals surface area contributed by atoms with E-state index in [-0.39, 0.29) is 6.61 Å². The third kappa shape index (κ3) is 3.74. The molecule has 21 heavy (non-hydrogen) atoms. The van der Waals surface area contributed by atoms with Gasteiger partial charge in [-0.05, 0) is 37.7 Å². The quantitative estimate of drug-likeness (QED) is 0.857. The highest BCUT2D eigenvalue weighted by Crippen LogP contribution is 2.34. The van der Waals surface area contributed by atoms with E-state index in [2.05, 4.69) is 18.3 Å². The first-order chi connectivity index (χ1) is 10.2. The first-order valence-corrected chi connectivity index (χ1v) is 6.87. The van der Waals surface area contributed by atoms with Gasteiger partial charge in [-0.2, -0.15) is 0 Å². The summed E-state index contributed by atoms with van der Waals surface area (Å²) in [5.41, 5.74) is 3.07. The van der Waals surface area contributed by atoms with Crippen molar-refractivity contribution in [1.82, 2.24) is 5.32 Å². The van der Waals surface area contributed by atoms with Crippen molar-refractivity contribution in [2.45, 2.75) is 20.1 Å². The summed E-state index contributed by atoms with van der Waals surface area (Å²) in [6.45, 7) is 2.76. The number of aliphatic hydroxyl groups is 1. The molecule has 0 saturated heterocycles. The van der Waals surface area contributed by atoms with Crippen LogP contribution in [0.5, 0.6) is 17.2 Å². The molecule has 0 aromatic heterocycles. The maximum Gasteiger partial charge on any atom is 0.169 e. The summed E-state index contributed by atoms with van der Waals surface area (Å²) in [7, 11) is 3.50. The summed E-state index contributed by atoms with van der Waals surface area (Å²) in [6.07, 6.45) is 0. The molecule has 2 aromatic carbocycles. The van der Waals surface area contributed by atoms with Crippen LogP contribution in [0.15, 0.2) is 36.4 Å². The smallest absolute Gasteiger partial charge is 0.169 e. The van der Waals surface area contributed by atoms with Crippen molar-refractivity contribution in [2.24, 2.45) is 0 Å². The highest BCUT2D eigenvalue weighted by molar-refractivity contribution is 5.47. The van der Waals surface area contributed by atoms with Crippen molar-refractivity contribution in [3.63, 3.8) is 0 Å². The van der Waals surface area contributed by atoms with Gasteiger partial charge in [0.15, 0.2) is 11.5 Å². The van der Waals surface area contributed by atoms with Crippen LogP contribution in [0.25, 0.3) is 0 Å². The van der Waals surface area contributed by atoms with Crippen molar-refractivity contribution in [2.75, 3.05) is 14.2 Å². The van der Waals surface area contributed by atoms with Crippen LogP contribution in [0.4, 0.5) is 0 Å². The Morgan fingerprint density at radius 1 is 1.05 bits per heavy atom. The normalized spacial score (nSPS) is 10.5. The Balaban J connectivity index is 2.33. The van der Waals surface area contributed by atoms with Crippen molar-refractivity contribution in [3.8, 4) is 17.2 Å². The van der Waals surface area contributed by atoms with Crippen molar-refractivity contribution in [1.29, 1.82) is 0 Å². The summed E-state index contributed by atoms with van der Waals surface area (Å²) in [4.78, 5) is 0. The number of aryl methyl sites for hydroxylation is 1. The topological polar surface area (TPSA) is 50.7 Å². The van der Waals surface area contributed by atoms with Gasteiger partial charge < -0.3 is 19.9 Å². The summed E-state index contributed by atoms with van der Waals surface area (Å²) in [5.74, 6) is 2.04. The molecular weight excluding hydrogens is 266 g/mol. The minimum atomic E-state index is -0.0217. The summed E-state index contributed by atoms with van der Waals surface area (Å²) in [5, 5.41) is 12.3. The van der Waals surface area contributed by atoms with E-state index in [1.807, 2.05) is 31.3 Å². The van der Waals surface area contributed by atoms with Crippen LogP contribution >= 0.6 is 0 Å². The molecule has 0 spiro atoms. The molecule has 4 nitrogen and oxygen atoms in total. The minimum Gasteiger partial charge on any atom is -0.493 e. The SMILES string of the molecule is CNCc1cc(C)ccc1Oc1ccc(CO)cc1OC. The Morgan fingerprint density at radius 3 is 2.48 bits per heavy atom. The number of aliphatic hydroxyl groups excluding tert-OH is 1. The van der Waals surface area contributed by atoms with E-state index >= 15 is 0 Å². The van der Waals surface area contributed by atoms with E-state index in [0.29, 0.717) is 11.5 Å². The zero-order valence-corrected chi connectivity index (χ0v) is 12.6. The molecule has 2 rings (SSSR count). The van der Waals surface area contributed by atoms with Crippen LogP contribution in [0.2, 0.25) is 0 Å². The zero-order valence-electron chi connectivity index (χ0n) is 12.6. The van der Waals surface area contributed by atoms with Crippen LogP contribution in [0.1, 0.15) is 16.7 Å². The molecule has 0 aliphatic rings. The van der Waals surface area contributed by atoms with Gasteiger partial charge in [0.1, 0.15) is 5.75 Å². The predicted octanol–water partition coefficient (Wildman–Crippen LogP) is 3.01. The lowest BCUT2D eigenvalue weighted by atomic mass is 10.1. The molecule has 4 heteroatoms. The third-order valence-electron chi connectivity index (χ3n) is 3.21. The molecule has 0 radical (unpaired) electrons. The van der Waals surface area contributed by atoms with Gasteiger partial charge in [0, 0.05) is 12.1 Å². The number of benzene rings is 2. The average Bonchev–Trinajstić information content (AvgIpc) is 2.50. The second-order valence-electron chi connectivity index (χ2n) is 4.89. The van der Waals surface area contributed by atoms with Crippen LogP contribution in [0.3, 0.4) is 0 Å². The van der Waals surface area contributed by atoms with Crippen molar-refractivity contribution < 1.29 is 14.6 Å². The van der Waals surface area contributed by atoms with E-state index in [1.165, 1.54) is 5.56 Å². The molecule has 0 amide bonds. The van der Waals surface area contributed by atoms with E-state index in [1.54, 1.807) is 13.2 Å². The molecule has 0 heterocycles. The monoisotopic (exact) mass is 287 g/mol. The van der Waals surface area contributed by atoms with E-state index in [9.17, 15) is 5.11 Å². The Kier molecular flexibility index (Phi) is 5.20. The number of rotatable bonds is 6. The fourth-order valence-corrected chi connectivity index (χ4v) is 2.15. The molecule has 2 aromatic rings. The summed E-state index contributed by atoms with van der Waals surface area (Å²) >= 11 is 0. The molecule has 0 saturated carbocycles. The minimum absolute atomic E-state index is 0.0217. The highest BCUT2D eigenvalue weighted by Gasteiger charge is 2.10. The fourth-order valence-electron chi connectivity index (χ4n) is 2.15. The van der Waals surface area contributed by atoms with Crippen LogP contribution in [-0.2, 0) is 13.2 Å². The van der Waals surface area contributed by atoms with Crippen LogP contribution < -0.4 is 14.8 Å². The van der Waals surface area contributed by atoms with E-state index in [4.69, 9.17) is 9.47 Å². The molecule has 0 unspecified atom stereocenters. The molecule has 0 atom stereocenters. The number of hydrogen-bond donors (Lipinski definition) is 2. The van der Waals surface area contributed by atoms with Gasteiger partial charge in [0.25, 0.3) is 0 Å². The van der Waals surface area contributed by atoms with Gasteiger partial charge >= 0.3 is 0 Å². The molecule has 0 fully saturated rings. The molecule has 0 aliphatic carbocycles. The van der Waals surface area contributed by atoms with Gasteiger partial charge in [-0.15, -0.1) is 0 Å². The first kappa shape index (κ1) is 15.4. The third-order valence-corrected chi connectivity index (χ3v) is 3.21.